The number of aromatic nitrogens is 2. The average Bonchev–Trinajstić information content (AvgIpc) is 3.03. The predicted octanol–water partition coefficient (Wildman–Crippen LogP) is 1.81. The molecule has 0 spiro atoms. The summed E-state index contributed by atoms with van der Waals surface area (Å²) in [5, 5.41) is 11.4. The van der Waals surface area contributed by atoms with E-state index in [4.69, 9.17) is 4.74 Å². The number of nitrogens with zero attached hydrogens (tertiary/aromatic N) is 3. The lowest BCUT2D eigenvalue weighted by molar-refractivity contribution is -0.133. The second kappa shape index (κ2) is 7.13. The van der Waals surface area contributed by atoms with Crippen molar-refractivity contribution in [3.8, 4) is 0 Å². The van der Waals surface area contributed by atoms with Gasteiger partial charge in [0.15, 0.2) is 0 Å². The number of aromatic amines is 1. The number of morpholine rings is 1. The van der Waals surface area contributed by atoms with Gasteiger partial charge in [-0.3, -0.25) is 9.69 Å². The van der Waals surface area contributed by atoms with E-state index in [1.165, 1.54) is 0 Å². The highest BCUT2D eigenvalue weighted by Gasteiger charge is 2.49. The first-order valence-corrected chi connectivity index (χ1v) is 10.1. The summed E-state index contributed by atoms with van der Waals surface area (Å²) in [5.74, 6) is 0.850. The van der Waals surface area contributed by atoms with Crippen molar-refractivity contribution in [1.29, 1.82) is 0 Å². The number of H-pyrrole nitrogens is 1. The highest BCUT2D eigenvalue weighted by molar-refractivity contribution is 5.97. The number of ether oxygens (including phenoxy) is 1. The van der Waals surface area contributed by atoms with Crippen LogP contribution in [-0.4, -0.2) is 82.3 Å². The Morgan fingerprint density at radius 2 is 2.04 bits per heavy atom. The molecule has 1 amide bonds. The molecule has 1 aromatic heterocycles. The van der Waals surface area contributed by atoms with Gasteiger partial charge in [-0.2, -0.15) is 0 Å². The van der Waals surface area contributed by atoms with Crippen LogP contribution in [0.4, 0.5) is 0 Å². The van der Waals surface area contributed by atoms with Gasteiger partial charge in [-0.1, -0.05) is 13.8 Å². The number of rotatable bonds is 3. The minimum atomic E-state index is -0.814. The van der Waals surface area contributed by atoms with Crippen LogP contribution in [0.15, 0.2) is 18.2 Å². The summed E-state index contributed by atoms with van der Waals surface area (Å²) < 4.78 is 5.42. The number of fused-ring (bicyclic) bond motifs is 1. The SMILES string of the molecule is Cc1nc2ccc(C(=O)N3CCC(O)(CN4CCOCC4)C(C)(C)C3)cc2[nH]1. The van der Waals surface area contributed by atoms with Gasteiger partial charge in [0.05, 0.1) is 29.8 Å². The summed E-state index contributed by atoms with van der Waals surface area (Å²) in [6.45, 7) is 10.9. The molecule has 0 aliphatic carbocycles. The zero-order chi connectivity index (χ0) is 19.9. The third-order valence-electron chi connectivity index (χ3n) is 6.36. The molecule has 0 radical (unpaired) electrons. The molecule has 1 atom stereocenters. The monoisotopic (exact) mass is 386 g/mol. The number of hydrogen-bond donors (Lipinski definition) is 2. The molecule has 0 saturated carbocycles. The lowest BCUT2D eigenvalue weighted by Crippen LogP contribution is -2.63. The van der Waals surface area contributed by atoms with Gasteiger partial charge in [0.25, 0.3) is 5.91 Å². The lowest BCUT2D eigenvalue weighted by Gasteiger charge is -2.52. The topological polar surface area (TPSA) is 81.7 Å². The first-order chi connectivity index (χ1) is 13.3. The first kappa shape index (κ1) is 19.4. The molecular weight excluding hydrogens is 356 g/mol. The molecule has 2 fully saturated rings. The maximum Gasteiger partial charge on any atom is 0.253 e. The molecule has 7 heteroatoms. The van der Waals surface area contributed by atoms with Crippen LogP contribution in [0.2, 0.25) is 0 Å². The Hall–Kier alpha value is -1.96. The van der Waals surface area contributed by atoms with Crippen molar-refractivity contribution in [3.05, 3.63) is 29.6 Å². The molecule has 28 heavy (non-hydrogen) atoms. The van der Waals surface area contributed by atoms with E-state index in [-0.39, 0.29) is 5.91 Å². The van der Waals surface area contributed by atoms with Crippen LogP contribution < -0.4 is 0 Å². The van der Waals surface area contributed by atoms with Gasteiger partial charge in [0.1, 0.15) is 5.82 Å². The Balaban J connectivity index is 1.48. The van der Waals surface area contributed by atoms with E-state index >= 15 is 0 Å². The number of aryl methyl sites for hydroxylation is 1. The number of imidazole rings is 1. The molecule has 7 nitrogen and oxygen atoms in total. The van der Waals surface area contributed by atoms with Crippen LogP contribution in [0.5, 0.6) is 0 Å². The first-order valence-electron chi connectivity index (χ1n) is 10.1. The Labute approximate surface area is 165 Å². The van der Waals surface area contributed by atoms with Crippen molar-refractivity contribution in [2.45, 2.75) is 32.8 Å². The molecule has 4 rings (SSSR count). The van der Waals surface area contributed by atoms with Crippen molar-refractivity contribution < 1.29 is 14.6 Å². The van der Waals surface area contributed by atoms with Crippen LogP contribution in [0.1, 0.15) is 36.5 Å². The summed E-state index contributed by atoms with van der Waals surface area (Å²) >= 11 is 0. The molecule has 1 aromatic carbocycles. The number of β-amino-alcohol motifs (C(OH)–C–C–N with tert-alkyl or cyclic N) is 1. The van der Waals surface area contributed by atoms with Gasteiger partial charge in [-0.15, -0.1) is 0 Å². The quantitative estimate of drug-likeness (QED) is 0.841. The minimum Gasteiger partial charge on any atom is -0.388 e. The summed E-state index contributed by atoms with van der Waals surface area (Å²) in [6, 6.07) is 5.60. The number of amides is 1. The minimum absolute atomic E-state index is 0.00986. The smallest absolute Gasteiger partial charge is 0.253 e. The average molecular weight is 386 g/mol. The molecule has 1 unspecified atom stereocenters. The number of likely N-dealkylation sites (tertiary alicyclic amines) is 1. The van der Waals surface area contributed by atoms with Crippen LogP contribution in [0.3, 0.4) is 0 Å². The van der Waals surface area contributed by atoms with E-state index in [9.17, 15) is 9.90 Å². The number of hydrogen-bond acceptors (Lipinski definition) is 5. The molecular formula is C21H30N4O3. The van der Waals surface area contributed by atoms with Crippen molar-refractivity contribution in [1.82, 2.24) is 19.8 Å². The zero-order valence-corrected chi connectivity index (χ0v) is 17.0. The fraction of sp³-hybridized carbons (Fsp3) is 0.619. The third-order valence-corrected chi connectivity index (χ3v) is 6.36. The highest BCUT2D eigenvalue weighted by atomic mass is 16.5. The van der Waals surface area contributed by atoms with Crippen molar-refractivity contribution in [2.75, 3.05) is 45.9 Å². The molecule has 3 heterocycles. The summed E-state index contributed by atoms with van der Waals surface area (Å²) in [6.07, 6.45) is 0.578. The fourth-order valence-electron chi connectivity index (χ4n) is 4.41. The summed E-state index contributed by atoms with van der Waals surface area (Å²) in [5.41, 5.74) is 1.20. The summed E-state index contributed by atoms with van der Waals surface area (Å²) in [4.78, 5) is 24.9. The molecule has 0 bridgehead atoms. The van der Waals surface area contributed by atoms with E-state index < -0.39 is 11.0 Å². The maximum atomic E-state index is 13.1. The number of carbonyl (C=O) groups is 1. The highest BCUT2D eigenvalue weighted by Crippen LogP contribution is 2.40. The van der Waals surface area contributed by atoms with Crippen LogP contribution in [0.25, 0.3) is 11.0 Å². The third kappa shape index (κ3) is 3.54. The van der Waals surface area contributed by atoms with Gasteiger partial charge < -0.3 is 19.7 Å². The second-order valence-electron chi connectivity index (χ2n) is 8.83. The molecule has 2 aliphatic rings. The lowest BCUT2D eigenvalue weighted by atomic mass is 9.69. The number of nitrogens with one attached hydrogen (secondary N) is 1. The molecule has 152 valence electrons. The molecule has 2 saturated heterocycles. The summed E-state index contributed by atoms with van der Waals surface area (Å²) in [7, 11) is 0. The molecule has 2 N–H and O–H groups in total. The van der Waals surface area contributed by atoms with Crippen LogP contribution in [-0.2, 0) is 4.74 Å². The standard InChI is InChI=1S/C21H30N4O3/c1-15-22-17-5-4-16(12-18(17)23-15)19(26)25-7-6-21(27,20(2,3)13-25)14-24-8-10-28-11-9-24/h4-5,12,27H,6-11,13-14H2,1-3H3,(H,22,23). The fourth-order valence-corrected chi connectivity index (χ4v) is 4.41. The number of carbonyl (C=O) groups excluding carboxylic acids is 1. The normalized spacial score (nSPS) is 25.9. The number of piperidine rings is 1. The Morgan fingerprint density at radius 1 is 1.29 bits per heavy atom. The van der Waals surface area contributed by atoms with Crippen LogP contribution >= 0.6 is 0 Å². The zero-order valence-electron chi connectivity index (χ0n) is 17.0. The molecule has 2 aliphatic heterocycles. The van der Waals surface area contributed by atoms with E-state index in [1.807, 2.05) is 30.0 Å². The van der Waals surface area contributed by atoms with Gasteiger partial charge in [0.2, 0.25) is 0 Å². The van der Waals surface area contributed by atoms with Crippen LogP contribution in [0, 0.1) is 12.3 Å². The molecule has 2 aromatic rings. The van der Waals surface area contributed by atoms with Crippen molar-refractivity contribution in [2.24, 2.45) is 5.41 Å². The Kier molecular flexibility index (Phi) is 4.93. The number of benzene rings is 1. The van der Waals surface area contributed by atoms with E-state index in [2.05, 4.69) is 28.7 Å². The van der Waals surface area contributed by atoms with Gasteiger partial charge in [-0.25, -0.2) is 4.98 Å². The van der Waals surface area contributed by atoms with Crippen molar-refractivity contribution in [3.63, 3.8) is 0 Å². The van der Waals surface area contributed by atoms with Gasteiger partial charge in [0, 0.05) is 43.7 Å². The van der Waals surface area contributed by atoms with Crippen molar-refractivity contribution >= 4 is 16.9 Å². The van der Waals surface area contributed by atoms with E-state index in [1.54, 1.807) is 0 Å². The Bertz CT molecular complexity index is 872. The van der Waals surface area contributed by atoms with E-state index in [0.29, 0.717) is 31.6 Å². The Morgan fingerprint density at radius 3 is 2.75 bits per heavy atom. The van der Waals surface area contributed by atoms with Gasteiger partial charge in [-0.05, 0) is 31.5 Å². The maximum absolute atomic E-state index is 13.1. The predicted molar refractivity (Wildman–Crippen MR) is 107 cm³/mol. The number of aliphatic hydroxyl groups is 1. The second-order valence-corrected chi connectivity index (χ2v) is 8.83. The van der Waals surface area contributed by atoms with Gasteiger partial charge >= 0.3 is 0 Å². The van der Waals surface area contributed by atoms with E-state index in [0.717, 1.165) is 43.2 Å². The largest absolute Gasteiger partial charge is 0.388 e.